The first-order valence-electron chi connectivity index (χ1n) is 10.1. The van der Waals surface area contributed by atoms with Gasteiger partial charge in [0, 0.05) is 54.1 Å². The minimum Gasteiger partial charge on any atom is -0.363 e. The lowest BCUT2D eigenvalue weighted by Gasteiger charge is -2.18. The average Bonchev–Trinajstić information content (AvgIpc) is 3.66. The van der Waals surface area contributed by atoms with Crippen LogP contribution >= 0.6 is 57.1 Å². The fourth-order valence-electron chi connectivity index (χ4n) is 3.35. The lowest BCUT2D eigenvalue weighted by atomic mass is 10.2. The molecular formula is C25H16N4S5. The molecule has 1 unspecified atom stereocenters. The van der Waals surface area contributed by atoms with Gasteiger partial charge in [-0.25, -0.2) is 4.98 Å². The van der Waals surface area contributed by atoms with Crippen molar-refractivity contribution >= 4 is 74.8 Å². The summed E-state index contributed by atoms with van der Waals surface area (Å²) in [6.07, 6.45) is 7.62. The number of thioether (sulfide) groups is 1. The van der Waals surface area contributed by atoms with Crippen LogP contribution in [0.25, 0.3) is 37.2 Å². The number of thiophene rings is 3. The van der Waals surface area contributed by atoms with Gasteiger partial charge in [-0.2, -0.15) is 10.5 Å². The second-order valence-corrected chi connectivity index (χ2v) is 12.4. The molecule has 0 aromatic carbocycles. The Kier molecular flexibility index (Phi) is 6.82. The topological polar surface area (TPSA) is 63.7 Å². The summed E-state index contributed by atoms with van der Waals surface area (Å²) in [4.78, 5) is 13.2. The molecule has 0 saturated carbocycles. The van der Waals surface area contributed by atoms with Gasteiger partial charge < -0.3 is 4.90 Å². The van der Waals surface area contributed by atoms with Crippen LogP contribution in [0, 0.1) is 22.7 Å². The zero-order valence-electron chi connectivity index (χ0n) is 17.8. The van der Waals surface area contributed by atoms with Gasteiger partial charge in [-0.3, -0.25) is 0 Å². The maximum atomic E-state index is 9.64. The summed E-state index contributed by atoms with van der Waals surface area (Å²) >= 11 is 8.25. The van der Waals surface area contributed by atoms with E-state index in [-0.39, 0.29) is 5.37 Å². The van der Waals surface area contributed by atoms with Crippen LogP contribution in [-0.4, -0.2) is 22.3 Å². The number of aromatic nitrogens is 1. The molecule has 0 fully saturated rings. The monoisotopic (exact) mass is 532 g/mol. The second kappa shape index (κ2) is 10.1. The van der Waals surface area contributed by atoms with Crippen LogP contribution in [0.1, 0.15) is 14.8 Å². The Bertz CT molecular complexity index is 1480. The van der Waals surface area contributed by atoms with Crippen LogP contribution in [0.5, 0.6) is 0 Å². The van der Waals surface area contributed by atoms with Crippen molar-refractivity contribution < 1.29 is 0 Å². The number of hydrogen-bond donors (Lipinski definition) is 0. The third kappa shape index (κ3) is 4.80. The first-order valence-corrected chi connectivity index (χ1v) is 14.4. The first kappa shape index (κ1) is 22.9. The molecule has 0 aliphatic carbocycles. The summed E-state index contributed by atoms with van der Waals surface area (Å²) in [5, 5.41) is 23.8. The van der Waals surface area contributed by atoms with E-state index in [1.165, 1.54) is 30.8 Å². The molecule has 0 saturated heterocycles. The molecular weight excluding hydrogens is 517 g/mol. The summed E-state index contributed by atoms with van der Waals surface area (Å²) in [5.74, 6) is 0. The fraction of sp³-hybridized carbons (Fsp3) is 0.0800. The molecule has 0 bridgehead atoms. The van der Waals surface area contributed by atoms with E-state index in [9.17, 15) is 10.5 Å². The molecule has 166 valence electrons. The Morgan fingerprint density at radius 2 is 1.56 bits per heavy atom. The molecule has 4 nitrogen and oxygen atoms in total. The van der Waals surface area contributed by atoms with Crippen molar-refractivity contribution in [2.24, 2.45) is 0 Å². The van der Waals surface area contributed by atoms with Crippen molar-refractivity contribution in [2.45, 2.75) is 5.37 Å². The minimum atomic E-state index is 0.0445. The van der Waals surface area contributed by atoms with Gasteiger partial charge in [0.2, 0.25) is 0 Å². The third-order valence-corrected chi connectivity index (χ3v) is 10.5. The highest BCUT2D eigenvalue weighted by atomic mass is 32.2. The number of likely N-dealkylation sites (N-methyl/N-ethyl adjacent to an activating group) is 1. The molecule has 0 radical (unpaired) electrons. The van der Waals surface area contributed by atoms with E-state index in [0.717, 1.165) is 20.3 Å². The predicted octanol–water partition coefficient (Wildman–Crippen LogP) is 8.11. The van der Waals surface area contributed by atoms with Gasteiger partial charge in [0.05, 0.1) is 17.2 Å². The van der Waals surface area contributed by atoms with Gasteiger partial charge in [0.25, 0.3) is 0 Å². The van der Waals surface area contributed by atoms with E-state index in [1.54, 1.807) is 52.0 Å². The number of allylic oxidation sites excluding steroid dienone is 1. The van der Waals surface area contributed by atoms with Gasteiger partial charge in [0.1, 0.15) is 16.5 Å². The Balaban J connectivity index is 1.35. The average molecular weight is 533 g/mol. The van der Waals surface area contributed by atoms with E-state index in [2.05, 4.69) is 58.4 Å². The number of thiazole rings is 1. The summed E-state index contributed by atoms with van der Waals surface area (Å²) in [5.41, 5.74) is 1.34. The SMILES string of the molecule is CN1C=CSC1/C(C#N)=C/c1ccc(-c2ccc(-c3ccc(/C=C(\C#N)c4nccs4)s3)s2)s1. The molecule has 4 aromatic heterocycles. The maximum absolute atomic E-state index is 9.64. The number of nitriles is 2. The molecule has 5 heterocycles. The zero-order valence-corrected chi connectivity index (χ0v) is 21.9. The van der Waals surface area contributed by atoms with Crippen LogP contribution in [-0.2, 0) is 0 Å². The Hall–Kier alpha value is -2.92. The zero-order chi connectivity index (χ0) is 23.5. The molecule has 1 atom stereocenters. The largest absolute Gasteiger partial charge is 0.363 e. The molecule has 1 aliphatic rings. The van der Waals surface area contributed by atoms with Crippen molar-refractivity contribution in [3.05, 3.63) is 79.9 Å². The smallest absolute Gasteiger partial charge is 0.133 e. The Labute approximate surface area is 218 Å². The number of hydrogen-bond acceptors (Lipinski definition) is 9. The lowest BCUT2D eigenvalue weighted by molar-refractivity contribution is 0.481. The van der Waals surface area contributed by atoms with E-state index >= 15 is 0 Å². The Morgan fingerprint density at radius 3 is 2.12 bits per heavy atom. The van der Waals surface area contributed by atoms with Crippen LogP contribution in [0.4, 0.5) is 0 Å². The second-order valence-electron chi connectivity index (χ2n) is 7.23. The normalized spacial score (nSPS) is 16.1. The molecule has 34 heavy (non-hydrogen) atoms. The van der Waals surface area contributed by atoms with Crippen molar-refractivity contribution in [1.82, 2.24) is 9.88 Å². The van der Waals surface area contributed by atoms with Crippen molar-refractivity contribution in [3.8, 4) is 31.6 Å². The van der Waals surface area contributed by atoms with Crippen LogP contribution < -0.4 is 0 Å². The highest BCUT2D eigenvalue weighted by Crippen LogP contribution is 2.41. The summed E-state index contributed by atoms with van der Waals surface area (Å²) in [6, 6.07) is 17.3. The maximum Gasteiger partial charge on any atom is 0.133 e. The van der Waals surface area contributed by atoms with Crippen LogP contribution in [0.2, 0.25) is 0 Å². The van der Waals surface area contributed by atoms with Gasteiger partial charge >= 0.3 is 0 Å². The van der Waals surface area contributed by atoms with E-state index in [0.29, 0.717) is 5.57 Å². The van der Waals surface area contributed by atoms with E-state index in [4.69, 9.17) is 0 Å². The highest BCUT2D eigenvalue weighted by molar-refractivity contribution is 8.03. The molecule has 9 heteroatoms. The first-order chi connectivity index (χ1) is 16.6. The van der Waals surface area contributed by atoms with Gasteiger partial charge in [-0.15, -0.1) is 57.1 Å². The van der Waals surface area contributed by atoms with Crippen LogP contribution in [0.3, 0.4) is 0 Å². The molecule has 0 spiro atoms. The molecule has 4 aromatic rings. The fourth-order valence-corrected chi connectivity index (χ4v) is 8.00. The highest BCUT2D eigenvalue weighted by Gasteiger charge is 2.21. The van der Waals surface area contributed by atoms with Crippen molar-refractivity contribution in [2.75, 3.05) is 7.05 Å². The minimum absolute atomic E-state index is 0.0445. The molecule has 0 N–H and O–H groups in total. The predicted molar refractivity (Wildman–Crippen MR) is 148 cm³/mol. The third-order valence-electron chi connectivity index (χ3n) is 4.98. The molecule has 1 aliphatic heterocycles. The lowest BCUT2D eigenvalue weighted by Crippen LogP contribution is -2.21. The van der Waals surface area contributed by atoms with Crippen LogP contribution in [0.15, 0.2) is 65.2 Å². The van der Waals surface area contributed by atoms with Gasteiger partial charge in [-0.05, 0) is 54.0 Å². The summed E-state index contributed by atoms with van der Waals surface area (Å²) in [7, 11) is 1.99. The van der Waals surface area contributed by atoms with Crippen molar-refractivity contribution in [1.29, 1.82) is 10.5 Å². The van der Waals surface area contributed by atoms with Crippen molar-refractivity contribution in [3.63, 3.8) is 0 Å². The van der Waals surface area contributed by atoms with E-state index in [1.807, 2.05) is 36.2 Å². The number of nitrogens with zero attached hydrogens (tertiary/aromatic N) is 4. The van der Waals surface area contributed by atoms with Gasteiger partial charge in [0.15, 0.2) is 0 Å². The van der Waals surface area contributed by atoms with E-state index < -0.39 is 0 Å². The standard InChI is InChI=1S/C25H16N4S5/c1-29-9-11-31-25(29)17(15-27)13-19-3-5-21(33-19)23-7-6-22(34-23)20-4-2-18(32-20)12-16(14-26)24-28-8-10-30-24/h2-13,25H,1H3/b16-12+,17-13+. The Morgan fingerprint density at radius 1 is 0.912 bits per heavy atom. The molecule has 0 amide bonds. The number of rotatable bonds is 6. The van der Waals surface area contributed by atoms with Gasteiger partial charge in [-0.1, -0.05) is 0 Å². The molecule has 5 rings (SSSR count). The summed E-state index contributed by atoms with van der Waals surface area (Å²) in [6.45, 7) is 0. The summed E-state index contributed by atoms with van der Waals surface area (Å²) < 4.78 is 0. The quantitative estimate of drug-likeness (QED) is 0.235.